The van der Waals surface area contributed by atoms with E-state index in [1.165, 1.54) is 42.0 Å². The van der Waals surface area contributed by atoms with Crippen molar-refractivity contribution in [3.8, 4) is 0 Å². The van der Waals surface area contributed by atoms with Gasteiger partial charge in [0.15, 0.2) is 0 Å². The standard InChI is InChI=1S/C20H31N3O3S/c1-2-19(20(21)24)22-12-14-23(15-13-22)27(25,26)18-10-8-17(9-11-18)16-6-4-3-5-7-16/h8-11,16,19H,2-7,12-15H2,1H3,(H2,21,24). The fourth-order valence-corrected chi connectivity index (χ4v) is 5.81. The zero-order valence-electron chi connectivity index (χ0n) is 16.1. The molecule has 1 heterocycles. The van der Waals surface area contributed by atoms with Crippen LogP contribution in [-0.2, 0) is 14.8 Å². The molecule has 1 aromatic carbocycles. The molecule has 0 aromatic heterocycles. The summed E-state index contributed by atoms with van der Waals surface area (Å²) < 4.78 is 27.5. The third-order valence-electron chi connectivity index (χ3n) is 6.02. The minimum absolute atomic E-state index is 0.315. The maximum atomic E-state index is 13.0. The number of nitrogens with zero attached hydrogens (tertiary/aromatic N) is 2. The molecule has 1 aliphatic carbocycles. The van der Waals surface area contributed by atoms with Gasteiger partial charge in [0.1, 0.15) is 0 Å². The Kier molecular flexibility index (Phi) is 6.55. The number of nitrogens with two attached hydrogens (primary N) is 1. The number of hydrogen-bond donors (Lipinski definition) is 1. The number of hydrogen-bond acceptors (Lipinski definition) is 4. The molecule has 1 aromatic rings. The molecule has 3 rings (SSSR count). The van der Waals surface area contributed by atoms with E-state index in [4.69, 9.17) is 5.73 Å². The van der Waals surface area contributed by atoms with E-state index in [9.17, 15) is 13.2 Å². The highest BCUT2D eigenvalue weighted by atomic mass is 32.2. The van der Waals surface area contributed by atoms with Crippen molar-refractivity contribution in [2.45, 2.75) is 62.3 Å². The van der Waals surface area contributed by atoms with Crippen molar-refractivity contribution in [3.05, 3.63) is 29.8 Å². The van der Waals surface area contributed by atoms with Crippen molar-refractivity contribution in [1.82, 2.24) is 9.21 Å². The van der Waals surface area contributed by atoms with Gasteiger partial charge >= 0.3 is 0 Å². The first-order valence-corrected chi connectivity index (χ1v) is 11.5. The van der Waals surface area contributed by atoms with Crippen LogP contribution in [0.3, 0.4) is 0 Å². The van der Waals surface area contributed by atoms with Gasteiger partial charge in [0.2, 0.25) is 15.9 Å². The van der Waals surface area contributed by atoms with Crippen LogP contribution in [0.5, 0.6) is 0 Å². The summed E-state index contributed by atoms with van der Waals surface area (Å²) in [5.41, 5.74) is 6.71. The highest BCUT2D eigenvalue weighted by Crippen LogP contribution is 2.33. The van der Waals surface area contributed by atoms with E-state index in [2.05, 4.69) is 0 Å². The third kappa shape index (κ3) is 4.52. The lowest BCUT2D eigenvalue weighted by atomic mass is 9.84. The zero-order valence-corrected chi connectivity index (χ0v) is 17.0. The normalized spacial score (nSPS) is 21.8. The third-order valence-corrected chi connectivity index (χ3v) is 7.94. The van der Waals surface area contributed by atoms with Crippen molar-refractivity contribution < 1.29 is 13.2 Å². The van der Waals surface area contributed by atoms with Crippen LogP contribution in [0.2, 0.25) is 0 Å². The van der Waals surface area contributed by atoms with Crippen LogP contribution in [-0.4, -0.2) is 55.8 Å². The van der Waals surface area contributed by atoms with Crippen LogP contribution >= 0.6 is 0 Å². The SMILES string of the molecule is CCC(C(N)=O)N1CCN(S(=O)(=O)c2ccc(C3CCCCC3)cc2)CC1. The van der Waals surface area contributed by atoms with Gasteiger partial charge in [-0.15, -0.1) is 0 Å². The van der Waals surface area contributed by atoms with Gasteiger partial charge < -0.3 is 5.73 Å². The molecule has 1 amide bonds. The lowest BCUT2D eigenvalue weighted by Crippen LogP contribution is -2.54. The number of carbonyl (C=O) groups is 1. The first kappa shape index (κ1) is 20.3. The Morgan fingerprint density at radius 3 is 2.19 bits per heavy atom. The summed E-state index contributed by atoms with van der Waals surface area (Å²) in [6.45, 7) is 3.75. The molecule has 1 unspecified atom stereocenters. The quantitative estimate of drug-likeness (QED) is 0.804. The van der Waals surface area contributed by atoms with E-state index in [1.54, 1.807) is 12.1 Å². The number of primary amides is 1. The van der Waals surface area contributed by atoms with E-state index in [0.717, 1.165) is 0 Å². The monoisotopic (exact) mass is 393 g/mol. The lowest BCUT2D eigenvalue weighted by molar-refractivity contribution is -0.123. The Bertz CT molecular complexity index is 734. The van der Waals surface area contributed by atoms with Gasteiger partial charge in [-0.25, -0.2) is 8.42 Å². The summed E-state index contributed by atoms with van der Waals surface area (Å²) in [6.07, 6.45) is 6.88. The molecular weight excluding hydrogens is 362 g/mol. The molecule has 0 spiro atoms. The van der Waals surface area contributed by atoms with Crippen LogP contribution in [0.15, 0.2) is 29.2 Å². The molecule has 2 N–H and O–H groups in total. The second-order valence-corrected chi connectivity index (χ2v) is 9.61. The number of piperazine rings is 1. The topological polar surface area (TPSA) is 83.7 Å². The molecule has 1 aliphatic heterocycles. The van der Waals surface area contributed by atoms with Gasteiger partial charge in [0.05, 0.1) is 10.9 Å². The highest BCUT2D eigenvalue weighted by Gasteiger charge is 2.32. The molecular formula is C20H31N3O3S. The maximum Gasteiger partial charge on any atom is 0.243 e. The van der Waals surface area contributed by atoms with Gasteiger partial charge in [-0.2, -0.15) is 4.31 Å². The Labute approximate surface area is 162 Å². The smallest absolute Gasteiger partial charge is 0.243 e. The molecule has 1 saturated carbocycles. The Hall–Kier alpha value is -1.44. The molecule has 2 fully saturated rings. The minimum atomic E-state index is -3.50. The molecule has 1 atom stereocenters. The average Bonchev–Trinajstić information content (AvgIpc) is 2.69. The molecule has 0 radical (unpaired) electrons. The molecule has 2 aliphatic rings. The van der Waals surface area contributed by atoms with Crippen LogP contribution in [0.25, 0.3) is 0 Å². The predicted octanol–water partition coefficient (Wildman–Crippen LogP) is 2.30. The van der Waals surface area contributed by atoms with Crippen molar-refractivity contribution in [2.75, 3.05) is 26.2 Å². The first-order chi connectivity index (χ1) is 12.9. The van der Waals surface area contributed by atoms with Gasteiger partial charge in [0.25, 0.3) is 0 Å². The summed E-state index contributed by atoms with van der Waals surface area (Å²) in [6, 6.07) is 7.16. The maximum absolute atomic E-state index is 13.0. The number of carbonyl (C=O) groups excluding carboxylic acids is 1. The number of sulfonamides is 1. The summed E-state index contributed by atoms with van der Waals surface area (Å²) in [7, 11) is -3.50. The average molecular weight is 394 g/mol. The van der Waals surface area contributed by atoms with E-state index in [-0.39, 0.29) is 11.9 Å². The molecule has 0 bridgehead atoms. The van der Waals surface area contributed by atoms with Crippen molar-refractivity contribution >= 4 is 15.9 Å². The van der Waals surface area contributed by atoms with E-state index >= 15 is 0 Å². The van der Waals surface area contributed by atoms with Gasteiger partial charge in [-0.05, 0) is 42.9 Å². The molecule has 1 saturated heterocycles. The zero-order chi connectivity index (χ0) is 19.4. The summed E-state index contributed by atoms with van der Waals surface area (Å²) in [5.74, 6) is 0.228. The molecule has 7 heteroatoms. The minimum Gasteiger partial charge on any atom is -0.368 e. The number of rotatable bonds is 6. The first-order valence-electron chi connectivity index (χ1n) is 10.1. The van der Waals surface area contributed by atoms with Crippen LogP contribution in [0, 0.1) is 0 Å². The highest BCUT2D eigenvalue weighted by molar-refractivity contribution is 7.89. The van der Waals surface area contributed by atoms with Gasteiger partial charge in [0, 0.05) is 26.2 Å². The van der Waals surface area contributed by atoms with E-state index < -0.39 is 10.0 Å². The Morgan fingerprint density at radius 2 is 1.67 bits per heavy atom. The van der Waals surface area contributed by atoms with Crippen LogP contribution in [0.4, 0.5) is 0 Å². The van der Waals surface area contributed by atoms with Gasteiger partial charge in [-0.1, -0.05) is 38.3 Å². The summed E-state index contributed by atoms with van der Waals surface area (Å²) in [5, 5.41) is 0. The second-order valence-electron chi connectivity index (χ2n) is 7.67. The molecule has 27 heavy (non-hydrogen) atoms. The van der Waals surface area contributed by atoms with Crippen LogP contribution in [0.1, 0.15) is 56.9 Å². The van der Waals surface area contributed by atoms with Crippen molar-refractivity contribution in [3.63, 3.8) is 0 Å². The van der Waals surface area contributed by atoms with E-state index in [1.807, 2.05) is 24.0 Å². The summed E-state index contributed by atoms with van der Waals surface area (Å²) in [4.78, 5) is 13.9. The van der Waals surface area contributed by atoms with Crippen LogP contribution < -0.4 is 5.73 Å². The fourth-order valence-electron chi connectivity index (χ4n) is 4.39. The Balaban J connectivity index is 1.65. The van der Waals surface area contributed by atoms with Gasteiger partial charge in [-0.3, -0.25) is 9.69 Å². The predicted molar refractivity (Wildman–Crippen MR) is 106 cm³/mol. The lowest BCUT2D eigenvalue weighted by Gasteiger charge is -2.37. The molecule has 150 valence electrons. The largest absolute Gasteiger partial charge is 0.368 e. The number of amides is 1. The second kappa shape index (κ2) is 8.71. The van der Waals surface area contributed by atoms with Crippen molar-refractivity contribution in [2.24, 2.45) is 5.73 Å². The Morgan fingerprint density at radius 1 is 1.07 bits per heavy atom. The van der Waals surface area contributed by atoms with Crippen molar-refractivity contribution in [1.29, 1.82) is 0 Å². The molecule has 6 nitrogen and oxygen atoms in total. The van der Waals surface area contributed by atoms with E-state index in [0.29, 0.717) is 43.4 Å². The summed E-state index contributed by atoms with van der Waals surface area (Å²) >= 11 is 0. The number of benzene rings is 1. The fraction of sp³-hybridized carbons (Fsp3) is 0.650.